The lowest BCUT2D eigenvalue weighted by atomic mass is 10.2. The van der Waals surface area contributed by atoms with Crippen molar-refractivity contribution >= 4 is 34.2 Å². The molecule has 4 rings (SSSR count). The number of piperazine rings is 4. The monoisotopic (exact) mass is 847 g/mol. The normalized spacial score (nSPS) is 26.9. The van der Waals surface area contributed by atoms with Crippen molar-refractivity contribution in [3.05, 3.63) is 0 Å². The minimum atomic E-state index is -2.84. The summed E-state index contributed by atoms with van der Waals surface area (Å²) in [5.74, 6) is 0. The van der Waals surface area contributed by atoms with E-state index < -0.39 is 34.2 Å². The first kappa shape index (κ1) is 48.0. The molecule has 4 N–H and O–H groups in total. The molecule has 0 bridgehead atoms. The summed E-state index contributed by atoms with van der Waals surface area (Å²) >= 11 is 0. The number of nitrogens with one attached hydrogen (secondary N) is 4. The van der Waals surface area contributed by atoms with Gasteiger partial charge in [0.25, 0.3) is 0 Å². The highest BCUT2D eigenvalue weighted by molar-refractivity contribution is 6.88. The molecular weight excluding hydrogens is 761 g/mol. The average molecular weight is 848 g/mol. The molecule has 0 aromatic carbocycles. The molecule has 0 aliphatic carbocycles. The summed E-state index contributed by atoms with van der Waals surface area (Å²) in [6.45, 7) is 36.2. The van der Waals surface area contributed by atoms with Crippen LogP contribution in [-0.2, 0) is 21.2 Å². The van der Waals surface area contributed by atoms with Gasteiger partial charge in [-0.1, -0.05) is 0 Å². The van der Waals surface area contributed by atoms with E-state index in [1.807, 2.05) is 14.2 Å². The van der Waals surface area contributed by atoms with Crippen LogP contribution in [0.3, 0.4) is 0 Å². The van der Waals surface area contributed by atoms with Crippen LogP contribution in [0.1, 0.15) is 53.4 Å². The van der Waals surface area contributed by atoms with Crippen molar-refractivity contribution < 1.29 is 21.2 Å². The Hall–Kier alpha value is 0.348. The van der Waals surface area contributed by atoms with Crippen molar-refractivity contribution in [3.63, 3.8) is 0 Å². The van der Waals surface area contributed by atoms with Crippen molar-refractivity contribution in [1.82, 2.24) is 40.9 Å². The van der Waals surface area contributed by atoms with Crippen LogP contribution in [0, 0.1) is 0 Å². The van der Waals surface area contributed by atoms with Gasteiger partial charge in [-0.25, -0.2) is 0 Å². The van der Waals surface area contributed by atoms with Gasteiger partial charge in [0.05, 0.1) is 0 Å². The summed E-state index contributed by atoms with van der Waals surface area (Å²) < 4.78 is 35.9. The third-order valence-corrected chi connectivity index (χ3v) is 30.2. The number of hydrogen-bond acceptors (Lipinski definition) is 13. The van der Waals surface area contributed by atoms with E-state index in [0.717, 1.165) is 155 Å². The third-order valence-electron chi connectivity index (χ3n) is 13.3. The molecule has 4 aliphatic heterocycles. The number of hydrogen-bond donors (Lipinski definition) is 4. The van der Waals surface area contributed by atoms with Gasteiger partial charge >= 0.3 is 34.2 Å². The molecule has 4 aliphatic rings. The van der Waals surface area contributed by atoms with Crippen LogP contribution in [0.4, 0.5) is 0 Å². The van der Waals surface area contributed by atoms with Crippen LogP contribution in [0.25, 0.3) is 0 Å². The second-order valence-corrected chi connectivity index (χ2v) is 32.3. The lowest BCUT2D eigenvalue weighted by molar-refractivity contribution is 0.168. The second-order valence-electron chi connectivity index (χ2n) is 17.9. The fourth-order valence-corrected chi connectivity index (χ4v) is 28.4. The van der Waals surface area contributed by atoms with Gasteiger partial charge in [0.1, 0.15) is 0 Å². The van der Waals surface area contributed by atoms with Gasteiger partial charge in [0, 0.05) is 143 Å². The van der Waals surface area contributed by atoms with E-state index in [2.05, 4.69) is 94.7 Å². The Kier molecular flexibility index (Phi) is 20.4. The van der Waals surface area contributed by atoms with E-state index >= 15 is 0 Å². The first-order valence-electron chi connectivity index (χ1n) is 22.2. The summed E-state index contributed by atoms with van der Waals surface area (Å²) in [7, 11) is -7.09. The van der Waals surface area contributed by atoms with Gasteiger partial charge in [0.2, 0.25) is 0 Å². The zero-order chi connectivity index (χ0) is 40.0. The topological polar surface area (TPSA) is 107 Å². The fraction of sp³-hybridized carbons (Fsp3) is 1.00. The molecule has 0 radical (unpaired) electrons. The molecule has 8 atom stereocenters. The Morgan fingerprint density at radius 3 is 0.800 bits per heavy atom. The molecule has 0 saturated carbocycles. The maximum Gasteiger partial charge on any atom is 0.325 e. The van der Waals surface area contributed by atoms with E-state index in [1.54, 1.807) is 0 Å². The third kappa shape index (κ3) is 16.0. The summed E-state index contributed by atoms with van der Waals surface area (Å²) in [6, 6.07) is 5.72. The predicted molar refractivity (Wildman–Crippen MR) is 237 cm³/mol. The van der Waals surface area contributed by atoms with Gasteiger partial charge in [-0.3, -0.25) is 19.6 Å². The van der Waals surface area contributed by atoms with Crippen molar-refractivity contribution in [2.75, 3.05) is 119 Å². The Balaban J connectivity index is 1.57. The summed E-state index contributed by atoms with van der Waals surface area (Å²) in [4.78, 5) is 10.5. The largest absolute Gasteiger partial charge is 0.416 e. The highest BCUT2D eigenvalue weighted by Gasteiger charge is 2.51. The Bertz CT molecular complexity index is 998. The van der Waals surface area contributed by atoms with E-state index in [-0.39, 0.29) is 0 Å². The lowest BCUT2D eigenvalue weighted by Crippen LogP contribution is -2.61. The summed E-state index contributed by atoms with van der Waals surface area (Å²) in [5, 5.41) is 14.1. The molecule has 13 nitrogen and oxygen atoms in total. The average Bonchev–Trinajstić information content (AvgIpc) is 3.21. The minimum absolute atomic E-state index is 0.469. The SMILES string of the molecule is CO[Si](C)(CCC(C)N1CCNCC1)O[Si](C)(CCC(C)N1CCNCC1)O[Si](C)(CCC(C)N1CCNCC1)O[Si](C)(CCC(C)N1CCNCC1)OC. The number of rotatable bonds is 24. The molecule has 55 heavy (non-hydrogen) atoms. The minimum Gasteiger partial charge on any atom is -0.416 e. The molecule has 4 heterocycles. The summed E-state index contributed by atoms with van der Waals surface area (Å²) in [6.07, 6.45) is 4.25. The Labute approximate surface area is 342 Å². The lowest BCUT2D eigenvalue weighted by Gasteiger charge is -2.45. The van der Waals surface area contributed by atoms with Crippen LogP contribution in [0.2, 0.25) is 50.4 Å². The van der Waals surface area contributed by atoms with Crippen molar-refractivity contribution in [2.45, 2.75) is 128 Å². The van der Waals surface area contributed by atoms with Crippen molar-refractivity contribution in [3.8, 4) is 0 Å². The van der Waals surface area contributed by atoms with Gasteiger partial charge < -0.3 is 42.5 Å². The molecule has 0 aromatic rings. The molecule has 17 heteroatoms. The molecule has 8 unspecified atom stereocenters. The highest BCUT2D eigenvalue weighted by Crippen LogP contribution is 2.35. The van der Waals surface area contributed by atoms with Crippen LogP contribution in [0.5, 0.6) is 0 Å². The smallest absolute Gasteiger partial charge is 0.325 e. The van der Waals surface area contributed by atoms with E-state index in [4.69, 9.17) is 21.2 Å². The van der Waals surface area contributed by atoms with Gasteiger partial charge in [0.15, 0.2) is 0 Å². The van der Waals surface area contributed by atoms with Crippen molar-refractivity contribution in [2.24, 2.45) is 0 Å². The molecule has 4 saturated heterocycles. The van der Waals surface area contributed by atoms with Crippen molar-refractivity contribution in [1.29, 1.82) is 0 Å². The quantitative estimate of drug-likeness (QED) is 0.107. The zero-order valence-electron chi connectivity index (χ0n) is 37.1. The Morgan fingerprint density at radius 1 is 0.382 bits per heavy atom. The molecule has 324 valence electrons. The maximum atomic E-state index is 7.79. The predicted octanol–water partition coefficient (Wildman–Crippen LogP) is 3.35. The molecular formula is C38H86N8O5Si4. The maximum absolute atomic E-state index is 7.79. The van der Waals surface area contributed by atoms with Gasteiger partial charge in [-0.15, -0.1) is 0 Å². The molecule has 0 amide bonds. The standard InChI is InChI=1S/C38H86N8O5Si4/c1-35(43-23-15-39-16-24-43)11-31-52(7,47-5)49-54(9,33-13-37(3)45-27-19-41-20-28-45)51-55(10,34-14-38(4)46-29-21-42-22-30-46)50-53(8,48-6)32-12-36(2)44-25-17-40-18-26-44/h35-42H,11-34H2,1-10H3. The van der Waals surface area contributed by atoms with E-state index in [1.165, 1.54) is 0 Å². The van der Waals surface area contributed by atoms with Crippen LogP contribution >= 0.6 is 0 Å². The Morgan fingerprint density at radius 2 is 0.582 bits per heavy atom. The molecule has 0 aromatic heterocycles. The van der Waals surface area contributed by atoms with Crippen LogP contribution in [0.15, 0.2) is 0 Å². The molecule has 0 spiro atoms. The van der Waals surface area contributed by atoms with E-state index in [9.17, 15) is 0 Å². The highest BCUT2D eigenvalue weighted by atomic mass is 28.5. The second kappa shape index (κ2) is 23.4. The van der Waals surface area contributed by atoms with Gasteiger partial charge in [-0.2, -0.15) is 0 Å². The van der Waals surface area contributed by atoms with Crippen LogP contribution < -0.4 is 21.3 Å². The van der Waals surface area contributed by atoms with E-state index in [0.29, 0.717) is 24.2 Å². The number of nitrogens with zero attached hydrogens (tertiary/aromatic N) is 4. The van der Waals surface area contributed by atoms with Gasteiger partial charge in [-0.05, 0) is 104 Å². The zero-order valence-corrected chi connectivity index (χ0v) is 41.1. The van der Waals surface area contributed by atoms with Crippen LogP contribution in [-0.4, -0.2) is 197 Å². The first-order chi connectivity index (χ1) is 26.2. The first-order valence-corrected chi connectivity index (χ1v) is 32.3. The molecule has 4 fully saturated rings. The summed E-state index contributed by atoms with van der Waals surface area (Å²) in [5.41, 5.74) is 0. The fourth-order valence-electron chi connectivity index (χ4n) is 9.11.